The van der Waals surface area contributed by atoms with Crippen molar-refractivity contribution in [2.75, 3.05) is 0 Å². The van der Waals surface area contributed by atoms with Crippen LogP contribution in [0.5, 0.6) is 0 Å². The largest absolute Gasteiger partial charge is 0.321 e. The van der Waals surface area contributed by atoms with E-state index in [0.29, 0.717) is 0 Å². The van der Waals surface area contributed by atoms with Gasteiger partial charge in [0.2, 0.25) is 0 Å². The summed E-state index contributed by atoms with van der Waals surface area (Å²) in [5.74, 6) is 0. The third-order valence-electron chi connectivity index (χ3n) is 2.55. The van der Waals surface area contributed by atoms with Crippen molar-refractivity contribution >= 4 is 0 Å². The van der Waals surface area contributed by atoms with Crippen LogP contribution in [0, 0.1) is 0 Å². The van der Waals surface area contributed by atoms with E-state index in [2.05, 4.69) is 36.2 Å². The van der Waals surface area contributed by atoms with Crippen molar-refractivity contribution in [3.05, 3.63) is 60.4 Å². The van der Waals surface area contributed by atoms with Gasteiger partial charge < -0.3 is 5.43 Å². The van der Waals surface area contributed by atoms with Gasteiger partial charge in [-0.05, 0) is 23.6 Å². The zero-order valence-electron chi connectivity index (χ0n) is 8.09. The Morgan fingerprint density at radius 1 is 1.50 bits per heavy atom. The zero-order chi connectivity index (χ0) is 9.97. The van der Waals surface area contributed by atoms with Crippen LogP contribution in [-0.2, 0) is 0 Å². The van der Waals surface area contributed by atoms with Gasteiger partial charge in [0.1, 0.15) is 0 Å². The van der Waals surface area contributed by atoms with Gasteiger partial charge in [0, 0.05) is 5.70 Å². The second-order valence-electron chi connectivity index (χ2n) is 3.35. The van der Waals surface area contributed by atoms with Crippen LogP contribution >= 0.6 is 0 Å². The first kappa shape index (κ1) is 9.03. The highest BCUT2D eigenvalue weighted by molar-refractivity contribution is 5.46. The molecule has 0 bridgehead atoms. The monoisotopic (exact) mass is 186 g/mol. The molecular weight excluding hydrogens is 172 g/mol. The Bertz CT molecular complexity index is 359. The number of hydrogen-bond donors (Lipinski definition) is 2. The van der Waals surface area contributed by atoms with Gasteiger partial charge in [-0.1, -0.05) is 37.5 Å². The SMILES string of the molecule is C=C/C=C(\C=C)C1NNC2=C1CC=C2. The van der Waals surface area contributed by atoms with E-state index in [9.17, 15) is 0 Å². The van der Waals surface area contributed by atoms with Crippen molar-refractivity contribution in [1.29, 1.82) is 0 Å². The van der Waals surface area contributed by atoms with E-state index >= 15 is 0 Å². The van der Waals surface area contributed by atoms with E-state index in [4.69, 9.17) is 0 Å². The highest BCUT2D eigenvalue weighted by Gasteiger charge is 2.26. The number of allylic oxidation sites excluding steroid dienone is 4. The lowest BCUT2D eigenvalue weighted by molar-refractivity contribution is 0.619. The summed E-state index contributed by atoms with van der Waals surface area (Å²) in [5, 5.41) is 0. The van der Waals surface area contributed by atoms with Gasteiger partial charge in [-0.3, -0.25) is 0 Å². The Kier molecular flexibility index (Phi) is 2.37. The Morgan fingerprint density at radius 3 is 3.07 bits per heavy atom. The maximum atomic E-state index is 3.81. The first-order valence-corrected chi connectivity index (χ1v) is 4.73. The standard InChI is InChI=1S/C12H14N2/c1-3-6-9(4-2)12-10-7-5-8-11(10)13-14-12/h3-6,8,12-14H,1-2,7H2/b9-6+. The van der Waals surface area contributed by atoms with E-state index in [1.165, 1.54) is 11.3 Å². The molecule has 0 saturated carbocycles. The van der Waals surface area contributed by atoms with Gasteiger partial charge >= 0.3 is 0 Å². The summed E-state index contributed by atoms with van der Waals surface area (Å²) in [6, 6.07) is 0.246. The predicted octanol–water partition coefficient (Wildman–Crippen LogP) is 1.98. The highest BCUT2D eigenvalue weighted by Crippen LogP contribution is 2.28. The minimum absolute atomic E-state index is 0.246. The fourth-order valence-electron chi connectivity index (χ4n) is 1.86. The van der Waals surface area contributed by atoms with Crippen molar-refractivity contribution in [2.24, 2.45) is 0 Å². The molecule has 0 spiro atoms. The van der Waals surface area contributed by atoms with Gasteiger partial charge in [-0.2, -0.15) is 0 Å². The molecule has 2 aliphatic rings. The molecule has 72 valence electrons. The molecule has 0 aromatic rings. The van der Waals surface area contributed by atoms with E-state index in [0.717, 1.165) is 12.0 Å². The molecule has 0 aromatic heterocycles. The van der Waals surface area contributed by atoms with Crippen LogP contribution in [0.4, 0.5) is 0 Å². The topological polar surface area (TPSA) is 24.1 Å². The number of hydrogen-bond acceptors (Lipinski definition) is 2. The number of nitrogens with one attached hydrogen (secondary N) is 2. The molecule has 0 fully saturated rings. The second-order valence-corrected chi connectivity index (χ2v) is 3.35. The Balaban J connectivity index is 2.25. The van der Waals surface area contributed by atoms with Crippen LogP contribution < -0.4 is 10.9 Å². The van der Waals surface area contributed by atoms with Crippen LogP contribution in [-0.4, -0.2) is 6.04 Å². The second kappa shape index (κ2) is 3.68. The first-order valence-electron chi connectivity index (χ1n) is 4.73. The lowest BCUT2D eigenvalue weighted by atomic mass is 9.98. The minimum Gasteiger partial charge on any atom is -0.321 e. The van der Waals surface area contributed by atoms with Crippen molar-refractivity contribution in [2.45, 2.75) is 12.5 Å². The summed E-state index contributed by atoms with van der Waals surface area (Å²) in [5.41, 5.74) is 10.1. The van der Waals surface area contributed by atoms with E-state index in [1.54, 1.807) is 6.08 Å². The van der Waals surface area contributed by atoms with Gasteiger partial charge in [-0.25, -0.2) is 5.43 Å². The molecule has 0 amide bonds. The van der Waals surface area contributed by atoms with Crippen LogP contribution in [0.2, 0.25) is 0 Å². The third-order valence-corrected chi connectivity index (χ3v) is 2.55. The molecule has 2 rings (SSSR count). The van der Waals surface area contributed by atoms with Crippen molar-refractivity contribution in [3.63, 3.8) is 0 Å². The molecular formula is C12H14N2. The van der Waals surface area contributed by atoms with Gasteiger partial charge in [0.05, 0.1) is 6.04 Å². The zero-order valence-corrected chi connectivity index (χ0v) is 8.09. The summed E-state index contributed by atoms with van der Waals surface area (Å²) < 4.78 is 0. The predicted molar refractivity (Wildman–Crippen MR) is 59.3 cm³/mol. The molecule has 0 radical (unpaired) electrons. The number of rotatable bonds is 3. The molecule has 1 aliphatic carbocycles. The summed E-state index contributed by atoms with van der Waals surface area (Å²) in [7, 11) is 0. The lowest BCUT2D eigenvalue weighted by Crippen LogP contribution is -2.34. The molecule has 1 heterocycles. The quantitative estimate of drug-likeness (QED) is 0.658. The molecule has 2 N–H and O–H groups in total. The van der Waals surface area contributed by atoms with Crippen molar-refractivity contribution < 1.29 is 0 Å². The molecule has 1 aliphatic heterocycles. The average molecular weight is 186 g/mol. The van der Waals surface area contributed by atoms with Gasteiger partial charge in [-0.15, -0.1) is 0 Å². The third kappa shape index (κ3) is 1.34. The Morgan fingerprint density at radius 2 is 2.36 bits per heavy atom. The van der Waals surface area contributed by atoms with Gasteiger partial charge in [0.15, 0.2) is 0 Å². The summed E-state index contributed by atoms with van der Waals surface area (Å²) in [4.78, 5) is 0. The molecule has 2 nitrogen and oxygen atoms in total. The maximum Gasteiger partial charge on any atom is 0.0746 e. The van der Waals surface area contributed by atoms with E-state index in [-0.39, 0.29) is 6.04 Å². The molecule has 2 heteroatoms. The van der Waals surface area contributed by atoms with Crippen LogP contribution in [0.3, 0.4) is 0 Å². The molecule has 14 heavy (non-hydrogen) atoms. The van der Waals surface area contributed by atoms with Crippen LogP contribution in [0.25, 0.3) is 0 Å². The fraction of sp³-hybridized carbons (Fsp3) is 0.167. The normalized spacial score (nSPS) is 24.9. The fourth-order valence-corrected chi connectivity index (χ4v) is 1.86. The van der Waals surface area contributed by atoms with Crippen LogP contribution in [0.1, 0.15) is 6.42 Å². The molecule has 0 aromatic carbocycles. The molecule has 1 atom stereocenters. The Hall–Kier alpha value is -1.54. The first-order chi connectivity index (χ1) is 6.86. The Labute approximate surface area is 84.4 Å². The molecule has 0 saturated heterocycles. The lowest BCUT2D eigenvalue weighted by Gasteiger charge is -2.14. The molecule has 1 unspecified atom stereocenters. The average Bonchev–Trinajstić information content (AvgIpc) is 2.75. The van der Waals surface area contributed by atoms with Crippen molar-refractivity contribution in [3.8, 4) is 0 Å². The summed E-state index contributed by atoms with van der Waals surface area (Å²) >= 11 is 0. The summed E-state index contributed by atoms with van der Waals surface area (Å²) in [6.45, 7) is 7.51. The van der Waals surface area contributed by atoms with Crippen molar-refractivity contribution in [1.82, 2.24) is 10.9 Å². The van der Waals surface area contributed by atoms with E-state index in [1.807, 2.05) is 12.2 Å². The van der Waals surface area contributed by atoms with E-state index < -0.39 is 0 Å². The highest BCUT2D eigenvalue weighted by atomic mass is 15.4. The van der Waals surface area contributed by atoms with Crippen LogP contribution in [0.15, 0.2) is 60.4 Å². The minimum atomic E-state index is 0.246. The smallest absolute Gasteiger partial charge is 0.0746 e. The number of hydrazine groups is 1. The van der Waals surface area contributed by atoms with Gasteiger partial charge in [0.25, 0.3) is 0 Å². The summed E-state index contributed by atoms with van der Waals surface area (Å²) in [6.07, 6.45) is 10.9. The maximum absolute atomic E-state index is 3.81.